The summed E-state index contributed by atoms with van der Waals surface area (Å²) in [4.78, 5) is 49.1. The molecule has 2 fully saturated rings. The fraction of sp³-hybridized carbons (Fsp3) is 0.462. The van der Waals surface area contributed by atoms with Gasteiger partial charge >= 0.3 is 0 Å². The molecule has 1 aromatic carbocycles. The number of rotatable bonds is 3. The Labute approximate surface area is 188 Å². The summed E-state index contributed by atoms with van der Waals surface area (Å²) in [6.07, 6.45) is 6.44. The van der Waals surface area contributed by atoms with Gasteiger partial charge in [-0.25, -0.2) is 0 Å². The number of anilines is 1. The Morgan fingerprint density at radius 1 is 1.12 bits per heavy atom. The van der Waals surface area contributed by atoms with E-state index in [1.54, 1.807) is 6.20 Å². The van der Waals surface area contributed by atoms with Crippen LogP contribution in [-0.2, 0) is 14.4 Å². The predicted octanol–water partition coefficient (Wildman–Crippen LogP) is 3.83. The Balaban J connectivity index is 1.74. The van der Waals surface area contributed by atoms with E-state index >= 15 is 0 Å². The fourth-order valence-electron chi connectivity index (χ4n) is 5.56. The van der Waals surface area contributed by atoms with Crippen LogP contribution in [0.1, 0.15) is 46.6 Å². The molecule has 32 heavy (non-hydrogen) atoms. The van der Waals surface area contributed by atoms with Crippen LogP contribution in [0.2, 0.25) is 0 Å². The normalized spacial score (nSPS) is 27.5. The molecule has 3 aliphatic heterocycles. The number of benzene rings is 1. The molecule has 0 bridgehead atoms. The van der Waals surface area contributed by atoms with Gasteiger partial charge in [-0.15, -0.1) is 0 Å². The van der Waals surface area contributed by atoms with Crippen LogP contribution >= 0.6 is 0 Å². The minimum Gasteiger partial charge on any atom is -0.351 e. The van der Waals surface area contributed by atoms with Crippen molar-refractivity contribution in [1.29, 1.82) is 0 Å². The summed E-state index contributed by atoms with van der Waals surface area (Å²) < 4.78 is 0. The molecule has 2 saturated heterocycles. The van der Waals surface area contributed by atoms with Crippen LogP contribution in [0.5, 0.6) is 0 Å². The van der Waals surface area contributed by atoms with Gasteiger partial charge in [-0.05, 0) is 25.0 Å². The van der Waals surface area contributed by atoms with Crippen molar-refractivity contribution in [3.8, 4) is 0 Å². The van der Waals surface area contributed by atoms with E-state index in [1.807, 2.05) is 75.9 Å². The van der Waals surface area contributed by atoms with Crippen LogP contribution in [0.15, 0.2) is 36.5 Å². The Morgan fingerprint density at radius 2 is 1.84 bits per heavy atom. The molecule has 0 radical (unpaired) electrons. The highest BCUT2D eigenvalue weighted by Crippen LogP contribution is 2.51. The van der Waals surface area contributed by atoms with E-state index in [4.69, 9.17) is 0 Å². The molecule has 5 atom stereocenters. The molecule has 4 heterocycles. The molecule has 0 N–H and O–H groups in total. The molecule has 6 heteroatoms. The largest absolute Gasteiger partial charge is 0.351 e. The second kappa shape index (κ2) is 6.99. The summed E-state index contributed by atoms with van der Waals surface area (Å²) in [6.45, 7) is 9.52. The minimum atomic E-state index is -0.702. The maximum atomic E-state index is 13.8. The number of carbonyl (C=O) groups is 3. The third kappa shape index (κ3) is 2.71. The Morgan fingerprint density at radius 3 is 2.53 bits per heavy atom. The highest BCUT2D eigenvalue weighted by Gasteiger charge is 2.65. The number of Topliss-reactive ketones (excluding diaryl/α,β-unsaturated/α-hetero) is 1. The fourth-order valence-corrected chi connectivity index (χ4v) is 5.56. The number of hydrogen-bond acceptors (Lipinski definition) is 5. The van der Waals surface area contributed by atoms with Gasteiger partial charge in [0.05, 0.1) is 29.1 Å². The molecule has 0 saturated carbocycles. The lowest BCUT2D eigenvalue weighted by molar-refractivity contribution is -0.144. The number of pyridine rings is 1. The van der Waals surface area contributed by atoms with Crippen molar-refractivity contribution in [2.24, 2.45) is 17.3 Å². The van der Waals surface area contributed by atoms with Crippen LogP contribution < -0.4 is 4.90 Å². The lowest BCUT2D eigenvalue weighted by Gasteiger charge is -2.39. The molecule has 2 aromatic rings. The van der Waals surface area contributed by atoms with E-state index in [0.717, 1.165) is 22.2 Å². The first kappa shape index (κ1) is 20.9. The van der Waals surface area contributed by atoms with Gasteiger partial charge in [0.2, 0.25) is 11.8 Å². The topological polar surface area (TPSA) is 70.6 Å². The number of nitrogens with zero attached hydrogens (tertiary/aromatic N) is 3. The first-order valence-electron chi connectivity index (χ1n) is 11.4. The molecule has 0 unspecified atom stereocenters. The number of imide groups is 1. The molecule has 2 amide bonds. The number of ketones is 1. The van der Waals surface area contributed by atoms with Crippen LogP contribution in [0.3, 0.4) is 0 Å². The number of carbonyl (C=O) groups excluding carboxylic acids is 3. The third-order valence-corrected chi connectivity index (χ3v) is 7.31. The van der Waals surface area contributed by atoms with Crippen molar-refractivity contribution < 1.29 is 14.4 Å². The average molecular weight is 432 g/mol. The maximum Gasteiger partial charge on any atom is 0.235 e. The summed E-state index contributed by atoms with van der Waals surface area (Å²) in [6, 6.07) is 6.70. The second-order valence-electron chi connectivity index (χ2n) is 10.2. The standard InChI is InChI=1S/C26H29N3O3/c1-6-14(2)28-24(31)18-17-12-11-16-10-9-15-8-7-13-27-20(15)21(16)29(17)22(19(18)25(28)32)23(30)26(3,4)5/h7-14,17-19,22H,6H2,1-5H3/t14-,17+,18+,19-,22+/m1/s1. The lowest BCUT2D eigenvalue weighted by Crippen LogP contribution is -2.52. The van der Waals surface area contributed by atoms with E-state index in [-0.39, 0.29) is 29.7 Å². The maximum absolute atomic E-state index is 13.8. The van der Waals surface area contributed by atoms with E-state index in [9.17, 15) is 14.4 Å². The zero-order chi connectivity index (χ0) is 22.9. The minimum absolute atomic E-state index is 0.0173. The molecule has 0 spiro atoms. The Bertz CT molecular complexity index is 1180. The first-order valence-corrected chi connectivity index (χ1v) is 11.4. The summed E-state index contributed by atoms with van der Waals surface area (Å²) in [5.41, 5.74) is 1.95. The van der Waals surface area contributed by atoms with Gasteiger partial charge in [-0.2, -0.15) is 0 Å². The quantitative estimate of drug-likeness (QED) is 0.691. The molecular formula is C26H29N3O3. The zero-order valence-corrected chi connectivity index (χ0v) is 19.2. The number of aromatic nitrogens is 1. The smallest absolute Gasteiger partial charge is 0.235 e. The molecular weight excluding hydrogens is 402 g/mol. The molecule has 6 nitrogen and oxygen atoms in total. The molecule has 1 aromatic heterocycles. The lowest BCUT2D eigenvalue weighted by atomic mass is 9.79. The van der Waals surface area contributed by atoms with Crippen molar-refractivity contribution in [2.45, 2.75) is 59.2 Å². The van der Waals surface area contributed by atoms with Gasteiger partial charge < -0.3 is 4.90 Å². The first-order chi connectivity index (χ1) is 15.2. The van der Waals surface area contributed by atoms with Gasteiger partial charge in [-0.3, -0.25) is 24.3 Å². The van der Waals surface area contributed by atoms with E-state index in [1.165, 1.54) is 4.90 Å². The number of hydrogen-bond donors (Lipinski definition) is 0. The van der Waals surface area contributed by atoms with Crippen molar-refractivity contribution in [3.05, 3.63) is 42.1 Å². The van der Waals surface area contributed by atoms with Crippen LogP contribution in [0, 0.1) is 17.3 Å². The van der Waals surface area contributed by atoms with Crippen LogP contribution in [0.25, 0.3) is 17.0 Å². The van der Waals surface area contributed by atoms with Gasteiger partial charge in [-0.1, -0.05) is 58.0 Å². The number of fused-ring (bicyclic) bond motifs is 7. The highest BCUT2D eigenvalue weighted by molar-refractivity contribution is 6.13. The third-order valence-electron chi connectivity index (χ3n) is 7.31. The Hall–Kier alpha value is -3.02. The number of amides is 2. The van der Waals surface area contributed by atoms with E-state index in [0.29, 0.717) is 6.42 Å². The van der Waals surface area contributed by atoms with Crippen LogP contribution in [-0.4, -0.2) is 45.6 Å². The molecule has 3 aliphatic rings. The zero-order valence-electron chi connectivity index (χ0n) is 19.2. The predicted molar refractivity (Wildman–Crippen MR) is 124 cm³/mol. The van der Waals surface area contributed by atoms with Crippen molar-refractivity contribution in [3.63, 3.8) is 0 Å². The van der Waals surface area contributed by atoms with E-state index < -0.39 is 23.3 Å². The van der Waals surface area contributed by atoms with Crippen LogP contribution in [0.4, 0.5) is 5.69 Å². The SMILES string of the molecule is CC[C@@H](C)N1C(=O)[C@@H]2[C@@H](C1=O)[C@@H]1C=Cc3ccc4cccnc4c3N1[C@@H]2C(=O)C(C)(C)C. The van der Waals surface area contributed by atoms with E-state index in [2.05, 4.69) is 4.98 Å². The summed E-state index contributed by atoms with van der Waals surface area (Å²) in [7, 11) is 0. The average Bonchev–Trinajstić information content (AvgIpc) is 3.24. The van der Waals surface area contributed by atoms with Gasteiger partial charge in [0.1, 0.15) is 6.04 Å². The van der Waals surface area contributed by atoms with Gasteiger partial charge in [0, 0.05) is 23.0 Å². The summed E-state index contributed by atoms with van der Waals surface area (Å²) >= 11 is 0. The Kier molecular flexibility index (Phi) is 4.56. The second-order valence-corrected chi connectivity index (χ2v) is 10.2. The molecule has 5 rings (SSSR count). The molecule has 166 valence electrons. The van der Waals surface area contributed by atoms with Gasteiger partial charge in [0.25, 0.3) is 0 Å². The summed E-state index contributed by atoms with van der Waals surface area (Å²) in [5, 5.41) is 0.971. The number of likely N-dealkylation sites (tertiary alicyclic amines) is 1. The highest BCUT2D eigenvalue weighted by atomic mass is 16.2. The van der Waals surface area contributed by atoms with Crippen molar-refractivity contribution in [1.82, 2.24) is 9.88 Å². The van der Waals surface area contributed by atoms with Crippen molar-refractivity contribution in [2.75, 3.05) is 4.90 Å². The molecule has 0 aliphatic carbocycles. The van der Waals surface area contributed by atoms with Gasteiger partial charge in [0.15, 0.2) is 5.78 Å². The summed E-state index contributed by atoms with van der Waals surface area (Å²) in [5.74, 6) is -1.63. The monoisotopic (exact) mass is 431 g/mol. The van der Waals surface area contributed by atoms with Crippen molar-refractivity contribution >= 4 is 40.3 Å².